The van der Waals surface area contributed by atoms with Crippen LogP contribution in [-0.2, 0) is 11.3 Å². The molecule has 40 heavy (non-hydrogen) atoms. The van der Waals surface area contributed by atoms with Gasteiger partial charge in [-0.25, -0.2) is 4.79 Å². The first kappa shape index (κ1) is 27.8. The summed E-state index contributed by atoms with van der Waals surface area (Å²) in [5.41, 5.74) is 2.85. The van der Waals surface area contributed by atoms with Gasteiger partial charge in [0.15, 0.2) is 11.6 Å². The first-order valence-corrected chi connectivity index (χ1v) is 14.2. The first-order valence-electron chi connectivity index (χ1n) is 12.6. The highest BCUT2D eigenvalue weighted by Gasteiger charge is 2.31. The van der Waals surface area contributed by atoms with E-state index in [1.165, 1.54) is 0 Å². The van der Waals surface area contributed by atoms with E-state index in [0.29, 0.717) is 27.4 Å². The number of carbonyl (C=O) groups excluding carboxylic acids is 1. The molecule has 0 aliphatic carbocycles. The Bertz CT molecular complexity index is 1610. The lowest BCUT2D eigenvalue weighted by Gasteiger charge is -2.19. The Morgan fingerprint density at radius 3 is 2.48 bits per heavy atom. The van der Waals surface area contributed by atoms with Crippen LogP contribution < -0.4 is 10.6 Å². The molecule has 1 atom stereocenters. The van der Waals surface area contributed by atoms with Gasteiger partial charge in [0.25, 0.3) is 0 Å². The summed E-state index contributed by atoms with van der Waals surface area (Å²) in [4.78, 5) is 30.6. The van der Waals surface area contributed by atoms with Crippen molar-refractivity contribution < 1.29 is 14.7 Å². The molecule has 12 heteroatoms. The van der Waals surface area contributed by atoms with Gasteiger partial charge in [0.1, 0.15) is 11.5 Å². The topological polar surface area (TPSA) is 122 Å². The highest BCUT2D eigenvalue weighted by Crippen LogP contribution is 2.38. The summed E-state index contributed by atoms with van der Waals surface area (Å²) in [6, 6.07) is 15.2. The number of halogens is 2. The van der Waals surface area contributed by atoms with Crippen LogP contribution in [0.3, 0.4) is 0 Å². The molecule has 0 radical (unpaired) electrons. The third-order valence-corrected chi connectivity index (χ3v) is 8.49. The number of benzene rings is 2. The fourth-order valence-electron chi connectivity index (χ4n) is 4.43. The number of para-hydroxylation sites is 1. The molecule has 0 saturated carbocycles. The van der Waals surface area contributed by atoms with Gasteiger partial charge in [-0.1, -0.05) is 67.4 Å². The lowest BCUT2D eigenvalue weighted by molar-refractivity contribution is -0.137. The third-order valence-electron chi connectivity index (χ3n) is 6.41. The molecule has 1 aliphatic heterocycles. The van der Waals surface area contributed by atoms with E-state index in [9.17, 15) is 14.7 Å². The smallest absolute Gasteiger partial charge is 0.319 e. The SMILES string of the molecule is CC(C)c1cc2c(s1)-n1c(nnc1[C@@H](CCC(=O)O)NC(=O)Nc1ccccc1Cl)CN=C2c1ccccc1Cl. The fourth-order valence-corrected chi connectivity index (χ4v) is 6.03. The summed E-state index contributed by atoms with van der Waals surface area (Å²) >= 11 is 14.4. The van der Waals surface area contributed by atoms with Gasteiger partial charge in [-0.05, 0) is 36.6 Å². The van der Waals surface area contributed by atoms with Crippen LogP contribution in [0.5, 0.6) is 0 Å². The average molecular weight is 598 g/mol. The number of anilines is 1. The number of amides is 2. The zero-order valence-corrected chi connectivity index (χ0v) is 24.0. The number of nitrogens with one attached hydrogen (secondary N) is 2. The van der Waals surface area contributed by atoms with E-state index in [2.05, 4.69) is 40.7 Å². The zero-order valence-electron chi connectivity index (χ0n) is 21.7. The van der Waals surface area contributed by atoms with Crippen molar-refractivity contribution in [1.29, 1.82) is 0 Å². The second kappa shape index (κ2) is 11.8. The second-order valence-corrected chi connectivity index (χ2v) is 11.4. The number of carboxylic acid groups (broad SMARTS) is 1. The minimum Gasteiger partial charge on any atom is -0.481 e. The Labute approximate surface area is 244 Å². The molecule has 0 saturated heterocycles. The Balaban J connectivity index is 1.57. The first-order chi connectivity index (χ1) is 19.2. The molecule has 9 nitrogen and oxygen atoms in total. The average Bonchev–Trinajstić information content (AvgIpc) is 3.50. The Morgan fingerprint density at radius 1 is 1.05 bits per heavy atom. The zero-order chi connectivity index (χ0) is 28.4. The number of carbonyl (C=O) groups is 2. The predicted molar refractivity (Wildman–Crippen MR) is 157 cm³/mol. The van der Waals surface area contributed by atoms with Crippen molar-refractivity contribution >= 4 is 57.9 Å². The van der Waals surface area contributed by atoms with Gasteiger partial charge in [-0.3, -0.25) is 14.4 Å². The van der Waals surface area contributed by atoms with E-state index < -0.39 is 18.0 Å². The molecule has 0 bridgehead atoms. The van der Waals surface area contributed by atoms with E-state index in [1.54, 1.807) is 35.6 Å². The molecule has 2 aromatic carbocycles. The van der Waals surface area contributed by atoms with Gasteiger partial charge in [-0.15, -0.1) is 21.5 Å². The molecule has 0 unspecified atom stereocenters. The van der Waals surface area contributed by atoms with Crippen molar-refractivity contribution in [3.05, 3.63) is 92.3 Å². The van der Waals surface area contributed by atoms with Crippen molar-refractivity contribution in [2.75, 3.05) is 5.32 Å². The van der Waals surface area contributed by atoms with Crippen molar-refractivity contribution in [2.24, 2.45) is 4.99 Å². The van der Waals surface area contributed by atoms with Crippen LogP contribution >= 0.6 is 34.5 Å². The molecule has 0 spiro atoms. The van der Waals surface area contributed by atoms with E-state index in [0.717, 1.165) is 26.7 Å². The van der Waals surface area contributed by atoms with Crippen molar-refractivity contribution in [1.82, 2.24) is 20.1 Å². The number of urea groups is 1. The number of carboxylic acids is 1. The van der Waals surface area contributed by atoms with Gasteiger partial charge in [-0.2, -0.15) is 0 Å². The molecule has 1 aliphatic rings. The van der Waals surface area contributed by atoms with E-state index in [4.69, 9.17) is 28.2 Å². The Hall–Kier alpha value is -3.73. The Kier molecular flexibility index (Phi) is 8.20. The lowest BCUT2D eigenvalue weighted by Crippen LogP contribution is -2.34. The van der Waals surface area contributed by atoms with Crippen LogP contribution in [0.1, 0.15) is 66.3 Å². The number of hydrogen-bond acceptors (Lipinski definition) is 6. The van der Waals surface area contributed by atoms with Crippen LogP contribution in [0.4, 0.5) is 10.5 Å². The number of rotatable bonds is 8. The van der Waals surface area contributed by atoms with E-state index in [-0.39, 0.29) is 25.3 Å². The van der Waals surface area contributed by atoms with Crippen LogP contribution in [0, 0.1) is 0 Å². The quantitative estimate of drug-likeness (QED) is 0.205. The number of aliphatic carboxylic acids is 1. The lowest BCUT2D eigenvalue weighted by atomic mass is 10.0. The predicted octanol–water partition coefficient (Wildman–Crippen LogP) is 6.84. The number of thiophene rings is 1. The normalized spacial score (nSPS) is 13.2. The van der Waals surface area contributed by atoms with Gasteiger partial charge in [0, 0.05) is 27.4 Å². The maximum atomic E-state index is 13.0. The fraction of sp³-hybridized carbons (Fsp3) is 0.250. The third kappa shape index (κ3) is 5.74. The molecule has 2 aromatic heterocycles. The molecule has 206 valence electrons. The van der Waals surface area contributed by atoms with Crippen molar-refractivity contribution in [3.8, 4) is 5.00 Å². The molecule has 4 aromatic rings. The summed E-state index contributed by atoms with van der Waals surface area (Å²) in [7, 11) is 0. The maximum Gasteiger partial charge on any atom is 0.319 e. The molecule has 2 amide bonds. The van der Waals surface area contributed by atoms with Gasteiger partial charge in [0.2, 0.25) is 0 Å². The second-order valence-electron chi connectivity index (χ2n) is 9.54. The summed E-state index contributed by atoms with van der Waals surface area (Å²) < 4.78 is 1.89. The van der Waals surface area contributed by atoms with Crippen LogP contribution in [0.25, 0.3) is 5.00 Å². The summed E-state index contributed by atoms with van der Waals surface area (Å²) in [6.07, 6.45) is -0.0888. The molecular weight excluding hydrogens is 571 g/mol. The molecule has 5 rings (SSSR count). The molecule has 3 N–H and O–H groups in total. The van der Waals surface area contributed by atoms with Gasteiger partial charge < -0.3 is 15.7 Å². The number of fused-ring (bicyclic) bond motifs is 3. The van der Waals surface area contributed by atoms with E-state index >= 15 is 0 Å². The minimum absolute atomic E-state index is 0.0966. The molecular formula is C28H26Cl2N6O3S. The minimum atomic E-state index is -0.989. The van der Waals surface area contributed by atoms with Crippen LogP contribution in [0.2, 0.25) is 10.0 Å². The summed E-state index contributed by atoms with van der Waals surface area (Å²) in [6.45, 7) is 4.45. The van der Waals surface area contributed by atoms with Gasteiger partial charge >= 0.3 is 12.0 Å². The van der Waals surface area contributed by atoms with Crippen LogP contribution in [0.15, 0.2) is 59.6 Å². The number of hydrogen-bond donors (Lipinski definition) is 3. The van der Waals surface area contributed by atoms with Crippen LogP contribution in [-0.4, -0.2) is 37.6 Å². The number of nitrogens with zero attached hydrogens (tertiary/aromatic N) is 4. The number of aromatic nitrogens is 3. The standard InChI is InChI=1S/C28H26Cl2N6O3S/c1-15(2)22-13-17-25(16-7-3-4-8-18(16)29)31-14-23-34-35-26(36(23)27(17)40-22)21(11-12-24(37)38)33-28(39)32-20-10-6-5-9-19(20)30/h3-10,13,15,21H,11-12,14H2,1-2H3,(H,37,38)(H2,32,33,39)/t21-/m1/s1. The molecule has 3 heterocycles. The monoisotopic (exact) mass is 596 g/mol. The van der Waals surface area contributed by atoms with Crippen molar-refractivity contribution in [3.63, 3.8) is 0 Å². The molecule has 0 fully saturated rings. The largest absolute Gasteiger partial charge is 0.481 e. The Morgan fingerprint density at radius 2 is 1.77 bits per heavy atom. The summed E-state index contributed by atoms with van der Waals surface area (Å²) in [5.74, 6) is 0.246. The van der Waals surface area contributed by atoms with E-state index in [1.807, 2.05) is 28.8 Å². The van der Waals surface area contributed by atoms with Crippen molar-refractivity contribution in [2.45, 2.75) is 45.2 Å². The highest BCUT2D eigenvalue weighted by atomic mass is 35.5. The van der Waals surface area contributed by atoms with Gasteiger partial charge in [0.05, 0.1) is 22.5 Å². The maximum absolute atomic E-state index is 13.0. The number of aliphatic imine (C=N–C) groups is 1. The summed E-state index contributed by atoms with van der Waals surface area (Å²) in [5, 5.41) is 25.7. The highest BCUT2D eigenvalue weighted by molar-refractivity contribution is 7.15.